The molecule has 19 heavy (non-hydrogen) atoms. The lowest BCUT2D eigenvalue weighted by Crippen LogP contribution is -2.24. The van der Waals surface area contributed by atoms with Crippen LogP contribution in [0.15, 0.2) is 40.2 Å². The smallest absolute Gasteiger partial charge is 0.0369 e. The van der Waals surface area contributed by atoms with Crippen LogP contribution in [0, 0.1) is 6.92 Å². The molecule has 0 saturated carbocycles. The van der Waals surface area contributed by atoms with Gasteiger partial charge >= 0.3 is 0 Å². The molecule has 0 fully saturated rings. The highest BCUT2D eigenvalue weighted by molar-refractivity contribution is 9.10. The number of hydrogen-bond acceptors (Lipinski definition) is 2. The number of halogens is 1. The van der Waals surface area contributed by atoms with Crippen LogP contribution in [0.4, 0.5) is 0 Å². The molecule has 1 unspecified atom stereocenters. The minimum Gasteiger partial charge on any atom is -0.310 e. The van der Waals surface area contributed by atoms with Gasteiger partial charge in [0.25, 0.3) is 0 Å². The van der Waals surface area contributed by atoms with Crippen molar-refractivity contribution in [3.63, 3.8) is 0 Å². The van der Waals surface area contributed by atoms with Crippen molar-refractivity contribution in [2.75, 3.05) is 6.54 Å². The number of thiophene rings is 1. The molecule has 0 amide bonds. The van der Waals surface area contributed by atoms with Gasteiger partial charge in [0.05, 0.1) is 0 Å². The van der Waals surface area contributed by atoms with Gasteiger partial charge in [0, 0.05) is 21.8 Å². The Hall–Kier alpha value is -0.640. The third-order valence-corrected chi connectivity index (χ3v) is 4.45. The summed E-state index contributed by atoms with van der Waals surface area (Å²) in [6.45, 7) is 5.42. The molecule has 0 bridgehead atoms. The Morgan fingerprint density at radius 2 is 2.16 bits per heavy atom. The van der Waals surface area contributed by atoms with E-state index in [4.69, 9.17) is 0 Å². The van der Waals surface area contributed by atoms with E-state index in [1.54, 1.807) is 0 Å². The molecule has 102 valence electrons. The van der Waals surface area contributed by atoms with Crippen molar-refractivity contribution in [1.29, 1.82) is 0 Å². The fourth-order valence-electron chi connectivity index (χ4n) is 2.22. The van der Waals surface area contributed by atoms with Gasteiger partial charge in [-0.25, -0.2) is 0 Å². The molecule has 1 nitrogen and oxygen atoms in total. The summed E-state index contributed by atoms with van der Waals surface area (Å²) in [5.41, 5.74) is 2.67. The van der Waals surface area contributed by atoms with Crippen LogP contribution in [0.3, 0.4) is 0 Å². The molecule has 1 aromatic heterocycles. The van der Waals surface area contributed by atoms with Crippen LogP contribution in [-0.2, 0) is 6.42 Å². The highest BCUT2D eigenvalue weighted by atomic mass is 79.9. The first-order valence-corrected chi connectivity index (χ1v) is 8.39. The predicted molar refractivity (Wildman–Crippen MR) is 87.9 cm³/mol. The Morgan fingerprint density at radius 3 is 2.79 bits per heavy atom. The van der Waals surface area contributed by atoms with E-state index in [0.29, 0.717) is 6.04 Å². The van der Waals surface area contributed by atoms with Gasteiger partial charge in [-0.1, -0.05) is 35.0 Å². The second-order valence-electron chi connectivity index (χ2n) is 4.85. The highest BCUT2D eigenvalue weighted by Gasteiger charge is 2.13. The minimum absolute atomic E-state index is 0.398. The second kappa shape index (κ2) is 7.22. The number of rotatable bonds is 6. The normalized spacial score (nSPS) is 12.6. The van der Waals surface area contributed by atoms with E-state index in [9.17, 15) is 0 Å². The molecular weight excluding hydrogens is 318 g/mol. The largest absolute Gasteiger partial charge is 0.310 e. The van der Waals surface area contributed by atoms with E-state index in [1.165, 1.54) is 16.0 Å². The van der Waals surface area contributed by atoms with E-state index in [0.717, 1.165) is 23.9 Å². The molecule has 0 saturated heterocycles. The maximum atomic E-state index is 3.66. The first-order valence-electron chi connectivity index (χ1n) is 6.72. The van der Waals surface area contributed by atoms with Gasteiger partial charge in [-0.3, -0.25) is 0 Å². The molecule has 0 radical (unpaired) electrons. The van der Waals surface area contributed by atoms with Crippen molar-refractivity contribution in [1.82, 2.24) is 5.32 Å². The molecule has 1 aromatic carbocycles. The maximum absolute atomic E-state index is 3.66. The zero-order chi connectivity index (χ0) is 13.7. The average Bonchev–Trinajstić information content (AvgIpc) is 2.86. The fourth-order valence-corrected chi connectivity index (χ4v) is 3.60. The monoisotopic (exact) mass is 337 g/mol. The minimum atomic E-state index is 0.398. The van der Waals surface area contributed by atoms with Gasteiger partial charge < -0.3 is 5.32 Å². The lowest BCUT2D eigenvalue weighted by molar-refractivity contribution is 0.532. The summed E-state index contributed by atoms with van der Waals surface area (Å²) in [5, 5.41) is 5.82. The molecule has 0 spiro atoms. The van der Waals surface area contributed by atoms with Crippen LogP contribution in [0.5, 0.6) is 0 Å². The first kappa shape index (κ1) is 14.8. The quantitative estimate of drug-likeness (QED) is 0.772. The van der Waals surface area contributed by atoms with Crippen molar-refractivity contribution in [2.45, 2.75) is 32.7 Å². The summed E-state index contributed by atoms with van der Waals surface area (Å²) in [6, 6.07) is 11.4. The van der Waals surface area contributed by atoms with Crippen molar-refractivity contribution < 1.29 is 0 Å². The number of hydrogen-bond donors (Lipinski definition) is 1. The molecule has 0 aliphatic carbocycles. The van der Waals surface area contributed by atoms with Crippen molar-refractivity contribution in [2.24, 2.45) is 0 Å². The van der Waals surface area contributed by atoms with Crippen molar-refractivity contribution in [3.05, 3.63) is 56.2 Å². The average molecular weight is 338 g/mol. The van der Waals surface area contributed by atoms with E-state index in [1.807, 2.05) is 11.3 Å². The molecule has 0 aliphatic rings. The van der Waals surface area contributed by atoms with Crippen LogP contribution in [0.1, 0.15) is 35.4 Å². The number of benzene rings is 1. The second-order valence-corrected chi connectivity index (χ2v) is 6.80. The summed E-state index contributed by atoms with van der Waals surface area (Å²) >= 11 is 5.44. The van der Waals surface area contributed by atoms with Gasteiger partial charge in [-0.05, 0) is 54.6 Å². The Labute approximate surface area is 128 Å². The molecule has 3 heteroatoms. The maximum Gasteiger partial charge on any atom is 0.0369 e. The SMILES string of the molecule is CCCNC(Cc1cccs1)c1cc(C)cc(Br)c1. The lowest BCUT2D eigenvalue weighted by atomic mass is 10.0. The third-order valence-electron chi connectivity index (χ3n) is 3.09. The van der Waals surface area contributed by atoms with Crippen LogP contribution < -0.4 is 5.32 Å². The summed E-state index contributed by atoms with van der Waals surface area (Å²) in [6.07, 6.45) is 2.22. The molecule has 1 atom stereocenters. The zero-order valence-electron chi connectivity index (χ0n) is 11.4. The molecular formula is C16H20BrNS. The van der Waals surface area contributed by atoms with Gasteiger partial charge in [0.2, 0.25) is 0 Å². The number of aryl methyl sites for hydroxylation is 1. The van der Waals surface area contributed by atoms with Gasteiger partial charge in [0.1, 0.15) is 0 Å². The Bertz CT molecular complexity index is 487. The van der Waals surface area contributed by atoms with Crippen LogP contribution in [0.2, 0.25) is 0 Å². The predicted octanol–water partition coefficient (Wildman–Crippen LogP) is 5.10. The molecule has 2 aromatic rings. The summed E-state index contributed by atoms with van der Waals surface area (Å²) in [4.78, 5) is 1.44. The molecule has 1 heterocycles. The first-order chi connectivity index (χ1) is 9.19. The van der Waals surface area contributed by atoms with Crippen LogP contribution in [0.25, 0.3) is 0 Å². The molecule has 0 aliphatic heterocycles. The third kappa shape index (κ3) is 4.44. The molecule has 1 N–H and O–H groups in total. The van der Waals surface area contributed by atoms with Gasteiger partial charge in [-0.15, -0.1) is 11.3 Å². The summed E-state index contributed by atoms with van der Waals surface area (Å²) < 4.78 is 1.16. The summed E-state index contributed by atoms with van der Waals surface area (Å²) in [5.74, 6) is 0. The summed E-state index contributed by atoms with van der Waals surface area (Å²) in [7, 11) is 0. The van der Waals surface area contributed by atoms with Crippen molar-refractivity contribution in [3.8, 4) is 0 Å². The Kier molecular flexibility index (Phi) is 5.61. The van der Waals surface area contributed by atoms with E-state index in [-0.39, 0.29) is 0 Å². The van der Waals surface area contributed by atoms with Crippen molar-refractivity contribution >= 4 is 27.3 Å². The zero-order valence-corrected chi connectivity index (χ0v) is 13.9. The molecule has 2 rings (SSSR count). The highest BCUT2D eigenvalue weighted by Crippen LogP contribution is 2.25. The Balaban J connectivity index is 2.20. The standard InChI is InChI=1S/C16H20BrNS/c1-3-6-18-16(11-15-5-4-7-19-15)13-8-12(2)9-14(17)10-13/h4-5,7-10,16,18H,3,6,11H2,1-2H3. The van der Waals surface area contributed by atoms with E-state index < -0.39 is 0 Å². The van der Waals surface area contributed by atoms with E-state index >= 15 is 0 Å². The Morgan fingerprint density at radius 1 is 1.32 bits per heavy atom. The van der Waals surface area contributed by atoms with E-state index in [2.05, 4.69) is 70.8 Å². The van der Waals surface area contributed by atoms with Gasteiger partial charge in [-0.2, -0.15) is 0 Å². The number of nitrogens with one attached hydrogen (secondary N) is 1. The lowest BCUT2D eigenvalue weighted by Gasteiger charge is -2.19. The fraction of sp³-hybridized carbons (Fsp3) is 0.375. The van der Waals surface area contributed by atoms with Crippen LogP contribution >= 0.6 is 27.3 Å². The topological polar surface area (TPSA) is 12.0 Å². The van der Waals surface area contributed by atoms with Crippen LogP contribution in [-0.4, -0.2) is 6.54 Å². The van der Waals surface area contributed by atoms with Gasteiger partial charge in [0.15, 0.2) is 0 Å².